The molecule has 0 fully saturated rings. The first-order valence-corrected chi connectivity index (χ1v) is 6.26. The third-order valence-electron chi connectivity index (χ3n) is 3.37. The van der Waals surface area contributed by atoms with Crippen LogP contribution in [0.4, 0.5) is 0 Å². The zero-order chi connectivity index (χ0) is 13.7. The topological polar surface area (TPSA) is 62.6 Å². The third kappa shape index (κ3) is 1.85. The van der Waals surface area contributed by atoms with Crippen LogP contribution in [0.15, 0.2) is 37.0 Å². The molecule has 98 valence electrons. The van der Waals surface area contributed by atoms with Gasteiger partial charge in [-0.3, -0.25) is 0 Å². The molecule has 3 heterocycles. The van der Waals surface area contributed by atoms with Gasteiger partial charge in [-0.05, 0) is 39.8 Å². The first-order valence-electron chi connectivity index (χ1n) is 6.26. The maximum absolute atomic E-state index is 5.90. The summed E-state index contributed by atoms with van der Waals surface area (Å²) in [5, 5.41) is 16.3. The highest BCUT2D eigenvalue weighted by atomic mass is 16.3. The van der Waals surface area contributed by atoms with Crippen molar-refractivity contribution in [2.24, 2.45) is 31.2 Å². The molecule has 1 aromatic heterocycles. The summed E-state index contributed by atoms with van der Waals surface area (Å²) in [7, 11) is 0. The van der Waals surface area contributed by atoms with E-state index in [4.69, 9.17) is 4.42 Å². The molecule has 3 rings (SSSR count). The van der Waals surface area contributed by atoms with Gasteiger partial charge in [0.15, 0.2) is 11.5 Å². The van der Waals surface area contributed by atoms with Gasteiger partial charge >= 0.3 is 0 Å². The minimum atomic E-state index is -0.196. The molecule has 0 N–H and O–H groups in total. The number of rotatable bonds is 2. The molecular weight excluding hydrogens is 240 g/mol. The fourth-order valence-electron chi connectivity index (χ4n) is 2.17. The maximum Gasteiger partial charge on any atom is 0.151 e. The van der Waals surface area contributed by atoms with Gasteiger partial charge in [0.1, 0.15) is 11.4 Å². The Labute approximate surface area is 111 Å². The molecule has 0 spiro atoms. The number of hydrogen-bond donors (Lipinski definition) is 0. The van der Waals surface area contributed by atoms with E-state index in [1.54, 1.807) is 0 Å². The van der Waals surface area contributed by atoms with Gasteiger partial charge in [-0.25, -0.2) is 0 Å². The van der Waals surface area contributed by atoms with E-state index in [9.17, 15) is 0 Å². The van der Waals surface area contributed by atoms with Crippen LogP contribution in [-0.4, -0.2) is 23.9 Å². The molecule has 2 aliphatic rings. The quantitative estimate of drug-likeness (QED) is 0.802. The molecule has 0 unspecified atom stereocenters. The smallest absolute Gasteiger partial charge is 0.151 e. The van der Waals surface area contributed by atoms with Gasteiger partial charge in [-0.2, -0.15) is 20.4 Å². The van der Waals surface area contributed by atoms with E-state index < -0.39 is 0 Å². The minimum Gasteiger partial charge on any atom is -0.453 e. The Hall–Kier alpha value is -2.04. The first kappa shape index (κ1) is 12.0. The van der Waals surface area contributed by atoms with Gasteiger partial charge in [-0.1, -0.05) is 0 Å². The highest BCUT2D eigenvalue weighted by Crippen LogP contribution is 2.30. The zero-order valence-electron chi connectivity index (χ0n) is 11.5. The fraction of sp³-hybridized carbons (Fsp3) is 0.429. The summed E-state index contributed by atoms with van der Waals surface area (Å²) in [6, 6.07) is 3.84. The Morgan fingerprint density at radius 2 is 1.21 bits per heavy atom. The van der Waals surface area contributed by atoms with Gasteiger partial charge in [0, 0.05) is 23.3 Å². The summed E-state index contributed by atoms with van der Waals surface area (Å²) < 4.78 is 5.90. The zero-order valence-corrected chi connectivity index (χ0v) is 11.5. The van der Waals surface area contributed by atoms with Crippen LogP contribution in [0.25, 0.3) is 0 Å². The second kappa shape index (κ2) is 3.73. The van der Waals surface area contributed by atoms with Crippen molar-refractivity contribution in [1.29, 1.82) is 0 Å². The van der Waals surface area contributed by atoms with Gasteiger partial charge in [-0.15, -0.1) is 0 Å². The van der Waals surface area contributed by atoms with Crippen LogP contribution in [0.3, 0.4) is 0 Å². The minimum absolute atomic E-state index is 0.196. The van der Waals surface area contributed by atoms with Crippen molar-refractivity contribution in [3.05, 3.63) is 23.7 Å². The number of furan rings is 1. The molecular formula is C14H16N4O. The lowest BCUT2D eigenvalue weighted by Crippen LogP contribution is -2.24. The van der Waals surface area contributed by atoms with Gasteiger partial charge in [0.05, 0.1) is 0 Å². The second-order valence-corrected chi connectivity index (χ2v) is 5.99. The molecule has 0 aromatic carbocycles. The van der Waals surface area contributed by atoms with Gasteiger partial charge in [0.25, 0.3) is 0 Å². The number of nitrogens with zero attached hydrogens (tertiary/aromatic N) is 4. The Morgan fingerprint density at radius 3 is 1.53 bits per heavy atom. The SMILES string of the molecule is CC1(C)C=NN=C1c1ccc(C2=NN=CC2(C)C)o1. The Bertz CT molecular complexity index is 590. The van der Waals surface area contributed by atoms with E-state index in [1.165, 1.54) is 0 Å². The maximum atomic E-state index is 5.90. The number of hydrogen-bond acceptors (Lipinski definition) is 5. The lowest BCUT2D eigenvalue weighted by molar-refractivity contribution is 0.531. The second-order valence-electron chi connectivity index (χ2n) is 5.99. The van der Waals surface area contributed by atoms with Crippen molar-refractivity contribution in [1.82, 2.24) is 0 Å². The third-order valence-corrected chi connectivity index (χ3v) is 3.37. The average molecular weight is 256 g/mol. The van der Waals surface area contributed by atoms with Crippen molar-refractivity contribution in [3.8, 4) is 0 Å². The Balaban J connectivity index is 1.94. The summed E-state index contributed by atoms with van der Waals surface area (Å²) in [5.41, 5.74) is 1.30. The van der Waals surface area contributed by atoms with Crippen LogP contribution >= 0.6 is 0 Å². The first-order chi connectivity index (χ1) is 8.90. The van der Waals surface area contributed by atoms with Crippen molar-refractivity contribution in [2.75, 3.05) is 0 Å². The molecule has 1 aromatic rings. The van der Waals surface area contributed by atoms with E-state index >= 15 is 0 Å². The van der Waals surface area contributed by atoms with Crippen LogP contribution in [0, 0.1) is 10.8 Å². The Morgan fingerprint density at radius 1 is 0.789 bits per heavy atom. The summed E-state index contributed by atoms with van der Waals surface area (Å²) in [5.74, 6) is 1.48. The lowest BCUT2D eigenvalue weighted by Gasteiger charge is -2.15. The summed E-state index contributed by atoms with van der Waals surface area (Å²) in [6.45, 7) is 8.24. The van der Waals surface area contributed by atoms with Crippen LogP contribution in [0.5, 0.6) is 0 Å². The normalized spacial score (nSPS) is 22.7. The predicted molar refractivity (Wildman–Crippen MR) is 76.3 cm³/mol. The van der Waals surface area contributed by atoms with E-state index in [2.05, 4.69) is 48.1 Å². The van der Waals surface area contributed by atoms with Crippen LogP contribution < -0.4 is 0 Å². The van der Waals surface area contributed by atoms with E-state index in [1.807, 2.05) is 24.6 Å². The summed E-state index contributed by atoms with van der Waals surface area (Å²) in [6.07, 6.45) is 3.65. The molecule has 0 atom stereocenters. The van der Waals surface area contributed by atoms with E-state index in [-0.39, 0.29) is 10.8 Å². The summed E-state index contributed by atoms with van der Waals surface area (Å²) >= 11 is 0. The standard InChI is InChI=1S/C14H16N4O/c1-13(2)7-15-17-11(13)9-5-6-10(19-9)12-14(3,4)8-16-18-12/h5-8H,1-4H3. The van der Waals surface area contributed by atoms with Crippen LogP contribution in [-0.2, 0) is 0 Å². The van der Waals surface area contributed by atoms with E-state index in [0.29, 0.717) is 0 Å². The van der Waals surface area contributed by atoms with Crippen LogP contribution in [0.1, 0.15) is 39.2 Å². The average Bonchev–Trinajstić information content (AvgIpc) is 2.96. The monoisotopic (exact) mass is 256 g/mol. The highest BCUT2D eigenvalue weighted by molar-refractivity contribution is 6.15. The molecule has 2 aliphatic heterocycles. The molecule has 0 saturated heterocycles. The molecule has 0 aliphatic carbocycles. The van der Waals surface area contributed by atoms with Crippen molar-refractivity contribution < 1.29 is 4.42 Å². The van der Waals surface area contributed by atoms with Gasteiger partial charge < -0.3 is 4.42 Å². The van der Waals surface area contributed by atoms with E-state index in [0.717, 1.165) is 22.9 Å². The van der Waals surface area contributed by atoms with Gasteiger partial charge in [0.2, 0.25) is 0 Å². The fourth-order valence-corrected chi connectivity index (χ4v) is 2.17. The van der Waals surface area contributed by atoms with Crippen LogP contribution in [0.2, 0.25) is 0 Å². The van der Waals surface area contributed by atoms with Crippen molar-refractivity contribution in [3.63, 3.8) is 0 Å². The molecule has 5 nitrogen and oxygen atoms in total. The predicted octanol–water partition coefficient (Wildman–Crippen LogP) is 2.91. The molecule has 19 heavy (non-hydrogen) atoms. The summed E-state index contributed by atoms with van der Waals surface area (Å²) in [4.78, 5) is 0. The highest BCUT2D eigenvalue weighted by Gasteiger charge is 2.34. The lowest BCUT2D eigenvalue weighted by atomic mass is 9.88. The molecule has 5 heteroatoms. The molecule has 0 radical (unpaired) electrons. The molecule has 0 saturated carbocycles. The van der Waals surface area contributed by atoms with Crippen molar-refractivity contribution >= 4 is 23.9 Å². The Kier molecular flexibility index (Phi) is 2.36. The molecule has 0 bridgehead atoms. The molecule has 0 amide bonds. The van der Waals surface area contributed by atoms with Crippen molar-refractivity contribution in [2.45, 2.75) is 27.7 Å². The largest absolute Gasteiger partial charge is 0.453 e.